The molecule has 0 aliphatic carbocycles. The molecular formula is C41H25N5Ni. The number of hydrogen-bond acceptors (Lipinski definition) is 3. The van der Waals surface area contributed by atoms with Crippen molar-refractivity contribution < 1.29 is 16.5 Å². The van der Waals surface area contributed by atoms with Gasteiger partial charge in [-0.1, -0.05) is 115 Å². The summed E-state index contributed by atoms with van der Waals surface area (Å²) in [5.74, 6) is 0. The molecular weight excluding hydrogens is 621 g/mol. The molecule has 0 radical (unpaired) electrons. The van der Waals surface area contributed by atoms with Gasteiger partial charge >= 0.3 is 16.5 Å². The molecule has 47 heavy (non-hydrogen) atoms. The van der Waals surface area contributed by atoms with E-state index in [1.165, 1.54) is 6.08 Å². The van der Waals surface area contributed by atoms with Crippen molar-refractivity contribution in [3.05, 3.63) is 150 Å². The van der Waals surface area contributed by atoms with Gasteiger partial charge in [0.25, 0.3) is 0 Å². The van der Waals surface area contributed by atoms with Gasteiger partial charge in [0.15, 0.2) is 0 Å². The Balaban J connectivity index is 0.00000351. The quantitative estimate of drug-likeness (QED) is 0.141. The predicted molar refractivity (Wildman–Crippen MR) is 188 cm³/mol. The minimum absolute atomic E-state index is 0. The van der Waals surface area contributed by atoms with Crippen LogP contribution in [0.15, 0.2) is 121 Å². The molecule has 6 aromatic rings. The molecule has 8 bridgehead atoms. The van der Waals surface area contributed by atoms with Crippen LogP contribution >= 0.6 is 0 Å². The number of benzene rings is 3. The zero-order chi connectivity index (χ0) is 30.9. The van der Waals surface area contributed by atoms with E-state index >= 15 is 0 Å². The topological polar surface area (TPSA) is 77.8 Å². The SMILES string of the molecule is N#C/C=C/c1c2nc(c(-c3ccccc3)c3ccc([n-]3)c(-c3ccccc3)c3nc(c(-c4ccccc4)c4ccc1[n-]4)C=C3)C=C2.[Ni+2]. The van der Waals surface area contributed by atoms with E-state index in [1.807, 2.05) is 78.9 Å². The maximum absolute atomic E-state index is 9.46. The van der Waals surface area contributed by atoms with Crippen molar-refractivity contribution in [1.29, 1.82) is 5.26 Å². The minimum atomic E-state index is 0. The van der Waals surface area contributed by atoms with E-state index in [2.05, 4.69) is 66.8 Å². The Kier molecular flexibility index (Phi) is 8.06. The van der Waals surface area contributed by atoms with Crippen molar-refractivity contribution >= 4 is 52.4 Å². The Morgan fingerprint density at radius 2 is 0.830 bits per heavy atom. The second kappa shape index (κ2) is 12.8. The van der Waals surface area contributed by atoms with Crippen LogP contribution in [0.3, 0.4) is 0 Å². The van der Waals surface area contributed by atoms with Gasteiger partial charge in [0.2, 0.25) is 0 Å². The van der Waals surface area contributed by atoms with Crippen LogP contribution in [0.2, 0.25) is 0 Å². The molecule has 0 amide bonds. The van der Waals surface area contributed by atoms with Crippen LogP contribution in [0.1, 0.15) is 28.3 Å². The first-order valence-corrected chi connectivity index (χ1v) is 15.0. The maximum Gasteiger partial charge on any atom is 2.00 e. The molecule has 3 aromatic carbocycles. The monoisotopic (exact) mass is 645 g/mol. The number of hydrogen-bond donors (Lipinski definition) is 0. The summed E-state index contributed by atoms with van der Waals surface area (Å²) >= 11 is 0. The van der Waals surface area contributed by atoms with Gasteiger partial charge < -0.3 is 9.97 Å². The first-order valence-electron chi connectivity index (χ1n) is 15.0. The zero-order valence-electron chi connectivity index (χ0n) is 25.0. The number of nitriles is 1. The summed E-state index contributed by atoms with van der Waals surface area (Å²) in [4.78, 5) is 20.7. The Hall–Kier alpha value is -6.02. The second-order valence-electron chi connectivity index (χ2n) is 11.0. The van der Waals surface area contributed by atoms with Gasteiger partial charge in [0.1, 0.15) is 0 Å². The van der Waals surface area contributed by atoms with Crippen LogP contribution in [0.25, 0.3) is 85.8 Å². The van der Waals surface area contributed by atoms with Crippen molar-refractivity contribution in [3.63, 3.8) is 0 Å². The number of nitrogens with zero attached hydrogens (tertiary/aromatic N) is 5. The van der Waals surface area contributed by atoms with E-state index in [0.717, 1.165) is 83.8 Å². The summed E-state index contributed by atoms with van der Waals surface area (Å²) in [6, 6.07) is 41.0. The summed E-state index contributed by atoms with van der Waals surface area (Å²) in [6.45, 7) is 0. The van der Waals surface area contributed by atoms with E-state index < -0.39 is 0 Å². The Labute approximate surface area is 282 Å². The molecule has 5 heterocycles. The van der Waals surface area contributed by atoms with E-state index in [4.69, 9.17) is 19.9 Å². The fraction of sp³-hybridized carbons (Fsp3) is 0. The van der Waals surface area contributed by atoms with Gasteiger partial charge in [-0.15, -0.1) is 22.1 Å². The first-order chi connectivity index (χ1) is 22.8. The van der Waals surface area contributed by atoms with Gasteiger partial charge in [-0.3, -0.25) is 0 Å². The smallest absolute Gasteiger partial charge is 0.657 e. The maximum atomic E-state index is 9.46. The van der Waals surface area contributed by atoms with Gasteiger partial charge in [0, 0.05) is 6.08 Å². The molecule has 8 rings (SSSR count). The number of aromatic nitrogens is 4. The van der Waals surface area contributed by atoms with Gasteiger partial charge in [0.05, 0.1) is 28.8 Å². The number of allylic oxidation sites excluding steroid dienone is 1. The Morgan fingerprint density at radius 1 is 0.468 bits per heavy atom. The van der Waals surface area contributed by atoms with Crippen LogP contribution in [0.4, 0.5) is 0 Å². The third-order valence-electron chi connectivity index (χ3n) is 8.16. The van der Waals surface area contributed by atoms with E-state index in [0.29, 0.717) is 0 Å². The largest absolute Gasteiger partial charge is 2.00 e. The molecule has 0 fully saturated rings. The van der Waals surface area contributed by atoms with E-state index in [9.17, 15) is 5.26 Å². The molecule has 224 valence electrons. The molecule has 2 aliphatic rings. The molecule has 3 aromatic heterocycles. The molecule has 0 N–H and O–H groups in total. The fourth-order valence-corrected chi connectivity index (χ4v) is 6.10. The third-order valence-corrected chi connectivity index (χ3v) is 8.16. The van der Waals surface area contributed by atoms with Crippen LogP contribution in [0, 0.1) is 11.3 Å². The Bertz CT molecular complexity index is 2370. The minimum Gasteiger partial charge on any atom is -0.657 e. The molecule has 2 aliphatic heterocycles. The number of rotatable bonds is 4. The molecule has 0 saturated heterocycles. The average Bonchev–Trinajstić information content (AvgIpc) is 3.93. The van der Waals surface area contributed by atoms with Crippen LogP contribution in [-0.4, -0.2) is 9.97 Å². The summed E-state index contributed by atoms with van der Waals surface area (Å²) in [5, 5.41) is 9.46. The molecule has 6 heteroatoms. The third kappa shape index (κ3) is 5.55. The van der Waals surface area contributed by atoms with Crippen molar-refractivity contribution in [1.82, 2.24) is 19.9 Å². The summed E-state index contributed by atoms with van der Waals surface area (Å²) in [5.41, 5.74) is 13.0. The Morgan fingerprint density at radius 3 is 1.26 bits per heavy atom. The summed E-state index contributed by atoms with van der Waals surface area (Å²) in [6.07, 6.45) is 11.4. The summed E-state index contributed by atoms with van der Waals surface area (Å²) in [7, 11) is 0. The van der Waals surface area contributed by atoms with Crippen LogP contribution < -0.4 is 9.97 Å². The fourth-order valence-electron chi connectivity index (χ4n) is 6.10. The van der Waals surface area contributed by atoms with Crippen LogP contribution in [-0.2, 0) is 16.5 Å². The average molecular weight is 646 g/mol. The van der Waals surface area contributed by atoms with E-state index in [1.54, 1.807) is 6.08 Å². The van der Waals surface area contributed by atoms with E-state index in [-0.39, 0.29) is 16.5 Å². The molecule has 0 unspecified atom stereocenters. The van der Waals surface area contributed by atoms with Crippen molar-refractivity contribution in [2.24, 2.45) is 0 Å². The first kappa shape index (κ1) is 29.7. The summed E-state index contributed by atoms with van der Waals surface area (Å²) < 4.78 is 0. The van der Waals surface area contributed by atoms with Gasteiger partial charge in [-0.2, -0.15) is 5.26 Å². The zero-order valence-corrected chi connectivity index (χ0v) is 26.0. The molecule has 0 atom stereocenters. The molecule has 0 saturated carbocycles. The van der Waals surface area contributed by atoms with Crippen molar-refractivity contribution in [3.8, 4) is 39.4 Å². The predicted octanol–water partition coefficient (Wildman–Crippen LogP) is 9.45. The molecule has 0 spiro atoms. The second-order valence-corrected chi connectivity index (χ2v) is 11.0. The van der Waals surface area contributed by atoms with Gasteiger partial charge in [-0.25, -0.2) is 9.97 Å². The van der Waals surface area contributed by atoms with Crippen molar-refractivity contribution in [2.75, 3.05) is 0 Å². The standard InChI is InChI=1S/C41H25N5.Ni/c42-26-10-17-30-31-18-20-33(43-31)39(27-11-4-1-5-12-27)35-22-24-37(45-35)41(29-15-8-3-9-16-29)38-25-23-36(46-38)40(28-13-6-2-7-14-28)34-21-19-32(30)44-34;/h1-25H;/q-2;+2/b17-10+,31-30?,32-30?,39-33?,39-35?,40-34?,40-36?,41-37?,41-38?;. The molecule has 5 nitrogen and oxygen atoms in total. The van der Waals surface area contributed by atoms with Crippen LogP contribution in [0.5, 0.6) is 0 Å². The number of fused-ring (bicyclic) bond motifs is 8. The van der Waals surface area contributed by atoms with Crippen molar-refractivity contribution in [2.45, 2.75) is 0 Å². The van der Waals surface area contributed by atoms with Gasteiger partial charge in [-0.05, 0) is 69.3 Å². The normalized spacial score (nSPS) is 11.8.